The van der Waals surface area contributed by atoms with Crippen molar-refractivity contribution in [2.75, 3.05) is 19.5 Å². The minimum absolute atomic E-state index is 0.600. The molecule has 0 aliphatic rings. The van der Waals surface area contributed by atoms with Gasteiger partial charge < -0.3 is 14.8 Å². The van der Waals surface area contributed by atoms with Crippen LogP contribution in [0.5, 0.6) is 11.5 Å². The minimum Gasteiger partial charge on any atom is -0.493 e. The van der Waals surface area contributed by atoms with Gasteiger partial charge in [0, 0.05) is 23.2 Å². The number of anilines is 1. The van der Waals surface area contributed by atoms with Crippen molar-refractivity contribution in [2.24, 2.45) is 0 Å². The highest BCUT2D eigenvalue weighted by Crippen LogP contribution is 2.36. The Hall–Kier alpha value is -1.46. The summed E-state index contributed by atoms with van der Waals surface area (Å²) in [6.07, 6.45) is 2.85. The smallest absolute Gasteiger partial charge is 0.162 e. The van der Waals surface area contributed by atoms with Crippen molar-refractivity contribution >= 4 is 28.6 Å². The molecule has 0 amide bonds. The summed E-state index contributed by atoms with van der Waals surface area (Å²) in [6, 6.07) is 3.58. The average Bonchev–Trinajstić information content (AvgIpc) is 2.93. The summed E-state index contributed by atoms with van der Waals surface area (Å²) in [5, 5.41) is 5.03. The molecule has 1 N–H and O–H groups in total. The molecular formula is C14H17ClN2O2S. The van der Waals surface area contributed by atoms with Crippen molar-refractivity contribution in [3.8, 4) is 11.5 Å². The predicted octanol–water partition coefficient (Wildman–Crippen LogP) is 3.99. The van der Waals surface area contributed by atoms with Crippen LogP contribution >= 0.6 is 22.9 Å². The second-order valence-corrected chi connectivity index (χ2v) is 5.72. The lowest BCUT2D eigenvalue weighted by molar-refractivity contribution is 0.355. The number of hydrogen-bond acceptors (Lipinski definition) is 5. The number of ether oxygens (including phenoxy) is 2. The van der Waals surface area contributed by atoms with E-state index in [4.69, 9.17) is 21.1 Å². The van der Waals surface area contributed by atoms with Gasteiger partial charge in [-0.05, 0) is 6.42 Å². The monoisotopic (exact) mass is 312 g/mol. The van der Waals surface area contributed by atoms with Crippen LogP contribution in [0.25, 0.3) is 0 Å². The van der Waals surface area contributed by atoms with Crippen molar-refractivity contribution in [3.05, 3.63) is 33.2 Å². The number of halogens is 1. The van der Waals surface area contributed by atoms with E-state index in [2.05, 4.69) is 17.2 Å². The number of nitrogens with one attached hydrogen (secondary N) is 1. The topological polar surface area (TPSA) is 43.4 Å². The van der Waals surface area contributed by atoms with Crippen LogP contribution in [0.1, 0.15) is 16.8 Å². The fourth-order valence-corrected chi connectivity index (χ4v) is 2.79. The lowest BCUT2D eigenvalue weighted by atomic mass is 10.2. The first-order valence-corrected chi connectivity index (χ1v) is 7.46. The van der Waals surface area contributed by atoms with E-state index in [1.54, 1.807) is 31.6 Å². The average molecular weight is 313 g/mol. The van der Waals surface area contributed by atoms with Crippen LogP contribution < -0.4 is 14.8 Å². The zero-order valence-electron chi connectivity index (χ0n) is 11.7. The zero-order valence-corrected chi connectivity index (χ0v) is 13.3. The molecule has 0 atom stereocenters. The molecule has 6 heteroatoms. The third-order valence-electron chi connectivity index (χ3n) is 2.83. The van der Waals surface area contributed by atoms with Gasteiger partial charge in [-0.25, -0.2) is 4.98 Å². The van der Waals surface area contributed by atoms with Gasteiger partial charge in [0.1, 0.15) is 0 Å². The summed E-state index contributed by atoms with van der Waals surface area (Å²) in [6.45, 7) is 2.79. The first kappa shape index (κ1) is 14.9. The fourth-order valence-electron chi connectivity index (χ4n) is 1.77. The molecule has 1 aromatic carbocycles. The number of rotatable bonds is 6. The molecule has 2 rings (SSSR count). The van der Waals surface area contributed by atoms with Gasteiger partial charge in [0.15, 0.2) is 11.5 Å². The highest BCUT2D eigenvalue weighted by atomic mass is 35.5. The molecule has 0 bridgehead atoms. The molecule has 4 nitrogen and oxygen atoms in total. The van der Waals surface area contributed by atoms with Crippen LogP contribution in [0, 0.1) is 0 Å². The molecular weight excluding hydrogens is 296 g/mol. The molecule has 0 unspecified atom stereocenters. The molecule has 0 saturated carbocycles. The molecule has 2 aromatic rings. The molecule has 1 aromatic heterocycles. The van der Waals surface area contributed by atoms with Crippen LogP contribution in [0.15, 0.2) is 18.3 Å². The molecule has 108 valence electrons. The van der Waals surface area contributed by atoms with Gasteiger partial charge in [-0.2, -0.15) is 0 Å². The normalized spacial score (nSPS) is 10.4. The maximum absolute atomic E-state index is 6.23. The molecule has 1 heterocycles. The van der Waals surface area contributed by atoms with E-state index < -0.39 is 0 Å². The van der Waals surface area contributed by atoms with Gasteiger partial charge in [0.25, 0.3) is 0 Å². The van der Waals surface area contributed by atoms with E-state index >= 15 is 0 Å². The van der Waals surface area contributed by atoms with E-state index in [-0.39, 0.29) is 0 Å². The third kappa shape index (κ3) is 3.35. The Balaban J connectivity index is 2.12. The van der Waals surface area contributed by atoms with Gasteiger partial charge in [-0.1, -0.05) is 18.5 Å². The Morgan fingerprint density at radius 2 is 1.95 bits per heavy atom. The number of nitrogens with zero attached hydrogens (tertiary/aromatic N) is 1. The Morgan fingerprint density at radius 1 is 1.25 bits per heavy atom. The summed E-state index contributed by atoms with van der Waals surface area (Å²) in [5.74, 6) is 1.27. The Labute approximate surface area is 127 Å². The van der Waals surface area contributed by atoms with Crippen LogP contribution in [0.2, 0.25) is 5.02 Å². The van der Waals surface area contributed by atoms with Crippen molar-refractivity contribution in [2.45, 2.75) is 19.9 Å². The molecule has 0 spiro atoms. The number of benzene rings is 1. The van der Waals surface area contributed by atoms with Gasteiger partial charge in [0.2, 0.25) is 0 Å². The van der Waals surface area contributed by atoms with Crippen molar-refractivity contribution in [1.29, 1.82) is 0 Å². The lowest BCUT2D eigenvalue weighted by Crippen LogP contribution is -2.00. The summed E-state index contributed by atoms with van der Waals surface area (Å²) >= 11 is 7.93. The van der Waals surface area contributed by atoms with Gasteiger partial charge >= 0.3 is 0 Å². The molecule has 0 aliphatic heterocycles. The largest absolute Gasteiger partial charge is 0.493 e. The number of aryl methyl sites for hydroxylation is 1. The van der Waals surface area contributed by atoms with E-state index in [1.165, 1.54) is 4.88 Å². The molecule has 0 saturated heterocycles. The van der Waals surface area contributed by atoms with Crippen LogP contribution in [-0.4, -0.2) is 19.2 Å². The van der Waals surface area contributed by atoms with E-state index in [0.29, 0.717) is 23.1 Å². The van der Waals surface area contributed by atoms with Crippen LogP contribution in [-0.2, 0) is 13.0 Å². The molecule has 20 heavy (non-hydrogen) atoms. The fraction of sp³-hybridized carbons (Fsp3) is 0.357. The second kappa shape index (κ2) is 6.81. The Bertz CT molecular complexity index is 587. The number of methoxy groups -OCH3 is 2. The Kier molecular flexibility index (Phi) is 5.09. The first-order valence-electron chi connectivity index (χ1n) is 6.26. The maximum Gasteiger partial charge on any atom is 0.162 e. The molecule has 0 radical (unpaired) electrons. The highest BCUT2D eigenvalue weighted by molar-refractivity contribution is 7.11. The van der Waals surface area contributed by atoms with E-state index in [9.17, 15) is 0 Å². The van der Waals surface area contributed by atoms with E-state index in [0.717, 1.165) is 17.1 Å². The standard InChI is InChI=1S/C14H17ClN2O2S/c1-4-14-17-8-9(20-14)7-16-11-6-13(19-3)12(18-2)5-10(11)15/h5-6,8,16H,4,7H2,1-3H3. The maximum atomic E-state index is 6.23. The zero-order chi connectivity index (χ0) is 14.5. The number of hydrogen-bond donors (Lipinski definition) is 1. The summed E-state index contributed by atoms with van der Waals surface area (Å²) in [7, 11) is 3.19. The van der Waals surface area contributed by atoms with Gasteiger partial charge in [0.05, 0.1) is 36.5 Å². The SMILES string of the molecule is CCc1ncc(CNc2cc(OC)c(OC)cc2Cl)s1. The number of aromatic nitrogens is 1. The number of thiazole rings is 1. The first-order chi connectivity index (χ1) is 9.67. The molecule has 0 aliphatic carbocycles. The quantitative estimate of drug-likeness (QED) is 0.876. The Morgan fingerprint density at radius 3 is 2.55 bits per heavy atom. The highest BCUT2D eigenvalue weighted by Gasteiger charge is 2.10. The van der Waals surface area contributed by atoms with Gasteiger partial charge in [-0.15, -0.1) is 11.3 Å². The molecule has 0 fully saturated rings. The predicted molar refractivity (Wildman–Crippen MR) is 83.4 cm³/mol. The summed E-state index contributed by atoms with van der Waals surface area (Å²) in [5.41, 5.74) is 0.816. The van der Waals surface area contributed by atoms with E-state index in [1.807, 2.05) is 12.3 Å². The second-order valence-electron chi connectivity index (χ2n) is 4.11. The van der Waals surface area contributed by atoms with Crippen molar-refractivity contribution < 1.29 is 9.47 Å². The van der Waals surface area contributed by atoms with Crippen molar-refractivity contribution in [1.82, 2.24) is 4.98 Å². The lowest BCUT2D eigenvalue weighted by Gasteiger charge is -2.12. The van der Waals surface area contributed by atoms with Crippen LogP contribution in [0.4, 0.5) is 5.69 Å². The minimum atomic E-state index is 0.600. The third-order valence-corrected chi connectivity index (χ3v) is 4.28. The summed E-state index contributed by atoms with van der Waals surface area (Å²) < 4.78 is 10.5. The van der Waals surface area contributed by atoms with Gasteiger partial charge in [-0.3, -0.25) is 0 Å². The summed E-state index contributed by atoms with van der Waals surface area (Å²) in [4.78, 5) is 5.51. The van der Waals surface area contributed by atoms with Crippen LogP contribution in [0.3, 0.4) is 0 Å². The van der Waals surface area contributed by atoms with Crippen molar-refractivity contribution in [3.63, 3.8) is 0 Å².